The quantitative estimate of drug-likeness (QED) is 0.839. The van der Waals surface area contributed by atoms with Crippen LogP contribution < -0.4 is 0 Å². The number of rotatable bonds is 2. The van der Waals surface area contributed by atoms with Gasteiger partial charge < -0.3 is 5.11 Å². The second-order valence-corrected chi connectivity index (χ2v) is 5.32. The Morgan fingerprint density at radius 3 is 2.53 bits per heavy atom. The Kier molecular flexibility index (Phi) is 3.48. The maximum absolute atomic E-state index is 13.5. The molecule has 3 heteroatoms. The van der Waals surface area contributed by atoms with Crippen LogP contribution in [-0.2, 0) is 6.42 Å². The van der Waals surface area contributed by atoms with Crippen molar-refractivity contribution >= 4 is 0 Å². The molecule has 1 N–H and O–H groups in total. The van der Waals surface area contributed by atoms with Gasteiger partial charge in [0.05, 0.1) is 5.60 Å². The first kappa shape index (κ1) is 12.5. The largest absolute Gasteiger partial charge is 0.390 e. The van der Waals surface area contributed by atoms with Crippen LogP contribution in [0.25, 0.3) is 0 Å². The van der Waals surface area contributed by atoms with Crippen molar-refractivity contribution in [1.82, 2.24) is 0 Å². The highest BCUT2D eigenvalue weighted by atomic mass is 19.1. The lowest BCUT2D eigenvalue weighted by atomic mass is 9.76. The second-order valence-electron chi connectivity index (χ2n) is 5.32. The van der Waals surface area contributed by atoms with E-state index in [0.29, 0.717) is 24.3 Å². The first-order chi connectivity index (χ1) is 7.98. The van der Waals surface area contributed by atoms with E-state index in [2.05, 4.69) is 6.92 Å². The van der Waals surface area contributed by atoms with Crippen molar-refractivity contribution in [1.29, 1.82) is 0 Å². The van der Waals surface area contributed by atoms with Crippen LogP contribution >= 0.6 is 0 Å². The molecule has 0 aromatic heterocycles. The topological polar surface area (TPSA) is 20.2 Å². The lowest BCUT2D eigenvalue weighted by molar-refractivity contribution is -0.00733. The highest BCUT2D eigenvalue weighted by Crippen LogP contribution is 2.34. The molecule has 1 aromatic rings. The summed E-state index contributed by atoms with van der Waals surface area (Å²) < 4.78 is 26.3. The summed E-state index contributed by atoms with van der Waals surface area (Å²) in [7, 11) is 0. The zero-order valence-corrected chi connectivity index (χ0v) is 10.0. The average molecular weight is 240 g/mol. The normalized spacial score (nSPS) is 29.3. The highest BCUT2D eigenvalue weighted by Gasteiger charge is 2.32. The summed E-state index contributed by atoms with van der Waals surface area (Å²) in [5.74, 6) is -0.499. The van der Waals surface area contributed by atoms with Gasteiger partial charge in [0.25, 0.3) is 0 Å². The Bertz CT molecular complexity index is 395. The summed E-state index contributed by atoms with van der Waals surface area (Å²) in [6, 6.07) is 3.55. The van der Waals surface area contributed by atoms with E-state index in [0.717, 1.165) is 18.9 Å². The van der Waals surface area contributed by atoms with E-state index in [4.69, 9.17) is 0 Å². The molecule has 1 aliphatic rings. The molecule has 1 aromatic carbocycles. The third-order valence-corrected chi connectivity index (χ3v) is 3.74. The third-order valence-electron chi connectivity index (χ3n) is 3.74. The minimum absolute atomic E-state index is 0.284. The van der Waals surface area contributed by atoms with Gasteiger partial charge in [-0.1, -0.05) is 13.0 Å². The molecule has 0 unspecified atom stereocenters. The Hall–Kier alpha value is -0.960. The summed E-state index contributed by atoms with van der Waals surface area (Å²) in [5, 5.41) is 10.4. The molecule has 1 nitrogen and oxygen atoms in total. The fourth-order valence-electron chi connectivity index (χ4n) is 2.50. The van der Waals surface area contributed by atoms with E-state index in [-0.39, 0.29) is 6.42 Å². The van der Waals surface area contributed by atoms with Gasteiger partial charge in [-0.15, -0.1) is 0 Å². The van der Waals surface area contributed by atoms with E-state index in [1.807, 2.05) is 0 Å². The van der Waals surface area contributed by atoms with Gasteiger partial charge in [-0.2, -0.15) is 0 Å². The van der Waals surface area contributed by atoms with Crippen LogP contribution in [0.5, 0.6) is 0 Å². The van der Waals surface area contributed by atoms with Crippen LogP contribution in [0.4, 0.5) is 8.78 Å². The summed E-state index contributed by atoms with van der Waals surface area (Å²) in [6.07, 6.45) is 3.63. The molecule has 0 spiro atoms. The number of hydrogen-bond donors (Lipinski definition) is 1. The molecule has 0 saturated heterocycles. The lowest BCUT2D eigenvalue weighted by Gasteiger charge is -2.35. The van der Waals surface area contributed by atoms with E-state index < -0.39 is 17.2 Å². The molecule has 0 bridgehead atoms. The van der Waals surface area contributed by atoms with Crippen LogP contribution in [-0.4, -0.2) is 10.7 Å². The summed E-state index contributed by atoms with van der Waals surface area (Å²) in [5.41, 5.74) is -0.408. The van der Waals surface area contributed by atoms with Crippen molar-refractivity contribution in [3.63, 3.8) is 0 Å². The minimum Gasteiger partial charge on any atom is -0.390 e. The van der Waals surface area contributed by atoms with Crippen molar-refractivity contribution < 1.29 is 13.9 Å². The molecule has 17 heavy (non-hydrogen) atoms. The monoisotopic (exact) mass is 240 g/mol. The SMILES string of the molecule is CC1CCC(O)(Cc2ccc(F)cc2F)CC1. The molecular weight excluding hydrogens is 222 g/mol. The van der Waals surface area contributed by atoms with E-state index in [9.17, 15) is 13.9 Å². The lowest BCUT2D eigenvalue weighted by Crippen LogP contribution is -2.36. The second kappa shape index (κ2) is 4.73. The van der Waals surface area contributed by atoms with Crippen LogP contribution in [0.3, 0.4) is 0 Å². The van der Waals surface area contributed by atoms with Crippen molar-refractivity contribution in [3.8, 4) is 0 Å². The fraction of sp³-hybridized carbons (Fsp3) is 0.571. The molecule has 94 valence electrons. The molecule has 0 aliphatic heterocycles. The molecule has 0 radical (unpaired) electrons. The maximum atomic E-state index is 13.5. The zero-order valence-electron chi connectivity index (χ0n) is 10.0. The van der Waals surface area contributed by atoms with E-state index in [1.165, 1.54) is 12.1 Å². The Morgan fingerprint density at radius 2 is 1.94 bits per heavy atom. The van der Waals surface area contributed by atoms with Crippen molar-refractivity contribution in [2.24, 2.45) is 5.92 Å². The Morgan fingerprint density at radius 1 is 1.29 bits per heavy atom. The van der Waals surface area contributed by atoms with Gasteiger partial charge in [0.15, 0.2) is 0 Å². The van der Waals surface area contributed by atoms with Crippen LogP contribution in [0, 0.1) is 17.6 Å². The van der Waals surface area contributed by atoms with Gasteiger partial charge in [0.2, 0.25) is 0 Å². The molecule has 1 saturated carbocycles. The predicted octanol–water partition coefficient (Wildman–Crippen LogP) is 3.45. The Labute approximate surface area is 100 Å². The van der Waals surface area contributed by atoms with Crippen LogP contribution in [0.2, 0.25) is 0 Å². The van der Waals surface area contributed by atoms with Crippen molar-refractivity contribution in [2.45, 2.75) is 44.6 Å². The van der Waals surface area contributed by atoms with Gasteiger partial charge in [0, 0.05) is 12.5 Å². The van der Waals surface area contributed by atoms with Crippen molar-refractivity contribution in [2.75, 3.05) is 0 Å². The maximum Gasteiger partial charge on any atom is 0.129 e. The average Bonchev–Trinajstić information content (AvgIpc) is 2.27. The third kappa shape index (κ3) is 3.03. The summed E-state index contributed by atoms with van der Waals surface area (Å²) in [4.78, 5) is 0. The zero-order chi connectivity index (χ0) is 12.5. The predicted molar refractivity (Wildman–Crippen MR) is 62.6 cm³/mol. The molecule has 0 atom stereocenters. The summed E-state index contributed by atoms with van der Waals surface area (Å²) in [6.45, 7) is 2.16. The molecule has 0 heterocycles. The van der Waals surface area contributed by atoms with Crippen molar-refractivity contribution in [3.05, 3.63) is 35.4 Å². The number of halogens is 2. The van der Waals surface area contributed by atoms with Crippen LogP contribution in [0.1, 0.15) is 38.2 Å². The smallest absolute Gasteiger partial charge is 0.129 e. The van der Waals surface area contributed by atoms with E-state index >= 15 is 0 Å². The molecular formula is C14H18F2O. The first-order valence-corrected chi connectivity index (χ1v) is 6.15. The molecule has 1 aliphatic carbocycles. The van der Waals surface area contributed by atoms with Gasteiger partial charge in [-0.05, 0) is 43.2 Å². The molecule has 2 rings (SSSR count). The first-order valence-electron chi connectivity index (χ1n) is 6.15. The molecule has 1 fully saturated rings. The number of hydrogen-bond acceptors (Lipinski definition) is 1. The van der Waals surface area contributed by atoms with Gasteiger partial charge in [-0.3, -0.25) is 0 Å². The highest BCUT2D eigenvalue weighted by molar-refractivity contribution is 5.20. The van der Waals surface area contributed by atoms with Gasteiger partial charge in [-0.25, -0.2) is 8.78 Å². The van der Waals surface area contributed by atoms with Gasteiger partial charge >= 0.3 is 0 Å². The standard InChI is InChI=1S/C14H18F2O/c1-10-4-6-14(17,7-5-10)9-11-2-3-12(15)8-13(11)16/h2-3,8,10,17H,4-7,9H2,1H3. The number of benzene rings is 1. The Balaban J connectivity index is 2.09. The van der Waals surface area contributed by atoms with Crippen LogP contribution in [0.15, 0.2) is 18.2 Å². The number of aliphatic hydroxyl groups is 1. The van der Waals surface area contributed by atoms with E-state index in [1.54, 1.807) is 0 Å². The fourth-order valence-corrected chi connectivity index (χ4v) is 2.50. The summed E-state index contributed by atoms with van der Waals surface area (Å²) >= 11 is 0. The molecule has 0 amide bonds. The minimum atomic E-state index is -0.814. The van der Waals surface area contributed by atoms with Gasteiger partial charge in [0.1, 0.15) is 11.6 Å².